The molecule has 0 aromatic carbocycles. The van der Waals surface area contributed by atoms with E-state index < -0.39 is 10.1 Å². The fraction of sp³-hybridized carbons (Fsp3) is 0.667. The second-order valence-corrected chi connectivity index (χ2v) is 4.03. The predicted octanol–water partition coefficient (Wildman–Crippen LogP) is 1.50. The van der Waals surface area contributed by atoms with Gasteiger partial charge in [-0.15, -0.1) is 11.6 Å². The summed E-state index contributed by atoms with van der Waals surface area (Å²) in [6.07, 6.45) is 3.25. The summed E-state index contributed by atoms with van der Waals surface area (Å²) >= 11 is 5.37. The minimum absolute atomic E-state index is 0.369. The van der Waals surface area contributed by atoms with Crippen molar-refractivity contribution in [2.45, 2.75) is 13.3 Å². The second kappa shape index (κ2) is 4.62. The van der Waals surface area contributed by atoms with Gasteiger partial charge in [-0.1, -0.05) is 0 Å². The van der Waals surface area contributed by atoms with E-state index in [1.165, 1.54) is 0 Å². The molecule has 66 valence electrons. The number of halogens is 1. The van der Waals surface area contributed by atoms with E-state index in [0.717, 1.165) is 6.26 Å². The Bertz CT molecular complexity index is 230. The predicted molar refractivity (Wildman–Crippen MR) is 45.0 cm³/mol. The van der Waals surface area contributed by atoms with Gasteiger partial charge in [-0.05, 0) is 19.4 Å². The van der Waals surface area contributed by atoms with Gasteiger partial charge < -0.3 is 4.18 Å². The van der Waals surface area contributed by atoms with Crippen LogP contribution in [0.2, 0.25) is 0 Å². The first-order chi connectivity index (χ1) is 4.95. The molecule has 0 fully saturated rings. The third kappa shape index (κ3) is 7.68. The summed E-state index contributed by atoms with van der Waals surface area (Å²) in [5, 5.41) is 0. The van der Waals surface area contributed by atoms with Crippen LogP contribution in [0.15, 0.2) is 11.8 Å². The zero-order chi connectivity index (χ0) is 8.91. The van der Waals surface area contributed by atoms with Crippen LogP contribution in [0, 0.1) is 0 Å². The summed E-state index contributed by atoms with van der Waals surface area (Å²) in [6, 6.07) is 0. The van der Waals surface area contributed by atoms with Crippen LogP contribution in [0.4, 0.5) is 0 Å². The second-order valence-electron chi connectivity index (χ2n) is 2.08. The van der Waals surface area contributed by atoms with Gasteiger partial charge >= 0.3 is 10.1 Å². The van der Waals surface area contributed by atoms with Crippen molar-refractivity contribution in [2.75, 3.05) is 12.1 Å². The van der Waals surface area contributed by atoms with Crippen LogP contribution in [0.3, 0.4) is 0 Å². The van der Waals surface area contributed by atoms with Crippen LogP contribution < -0.4 is 0 Å². The summed E-state index contributed by atoms with van der Waals surface area (Å²) in [4.78, 5) is 0. The first kappa shape index (κ1) is 10.8. The molecule has 0 saturated heterocycles. The molecule has 0 unspecified atom stereocenters. The van der Waals surface area contributed by atoms with Gasteiger partial charge in [0.15, 0.2) is 0 Å². The molecular formula is C6H11ClO3S. The highest BCUT2D eigenvalue weighted by Crippen LogP contribution is 2.02. The Kier molecular flexibility index (Phi) is 4.52. The molecule has 0 aliphatic carbocycles. The highest BCUT2D eigenvalue weighted by molar-refractivity contribution is 7.86. The molecule has 0 aliphatic heterocycles. The molecule has 0 N–H and O–H groups in total. The average molecular weight is 199 g/mol. The third-order valence-electron chi connectivity index (χ3n) is 0.824. The summed E-state index contributed by atoms with van der Waals surface area (Å²) in [5.41, 5.74) is 0. The Hall–Kier alpha value is -0.220. The van der Waals surface area contributed by atoms with E-state index in [0.29, 0.717) is 18.1 Å². The minimum Gasteiger partial charge on any atom is -0.388 e. The molecule has 0 bridgehead atoms. The lowest BCUT2D eigenvalue weighted by atomic mass is 10.4. The molecule has 0 aromatic heterocycles. The molecule has 0 heterocycles. The monoisotopic (exact) mass is 198 g/mol. The lowest BCUT2D eigenvalue weighted by Gasteiger charge is -2.00. The summed E-state index contributed by atoms with van der Waals surface area (Å²) < 4.78 is 25.5. The molecule has 0 saturated carbocycles. The maximum absolute atomic E-state index is 10.5. The highest BCUT2D eigenvalue weighted by Gasteiger charge is 2.01. The van der Waals surface area contributed by atoms with Crippen LogP contribution in [0.1, 0.15) is 13.3 Å². The molecule has 5 heteroatoms. The van der Waals surface area contributed by atoms with E-state index >= 15 is 0 Å². The Morgan fingerprint density at radius 1 is 1.64 bits per heavy atom. The van der Waals surface area contributed by atoms with Crippen LogP contribution in [0.25, 0.3) is 0 Å². The van der Waals surface area contributed by atoms with Gasteiger partial charge in [0.1, 0.15) is 5.76 Å². The van der Waals surface area contributed by atoms with E-state index in [-0.39, 0.29) is 0 Å². The van der Waals surface area contributed by atoms with Gasteiger partial charge in [0.05, 0.1) is 6.26 Å². The summed E-state index contributed by atoms with van der Waals surface area (Å²) in [5.74, 6) is 0.831. The maximum atomic E-state index is 10.5. The topological polar surface area (TPSA) is 43.4 Å². The smallest absolute Gasteiger partial charge is 0.305 e. The van der Waals surface area contributed by atoms with E-state index in [1.807, 2.05) is 0 Å². The summed E-state index contributed by atoms with van der Waals surface area (Å²) in [6.45, 7) is 1.58. The molecule has 0 radical (unpaired) electrons. The largest absolute Gasteiger partial charge is 0.388 e. The van der Waals surface area contributed by atoms with Crippen LogP contribution in [-0.2, 0) is 14.3 Å². The minimum atomic E-state index is -3.37. The zero-order valence-electron chi connectivity index (χ0n) is 6.50. The molecule has 11 heavy (non-hydrogen) atoms. The maximum Gasteiger partial charge on any atom is 0.305 e. The molecule has 0 amide bonds. The van der Waals surface area contributed by atoms with Gasteiger partial charge in [0.25, 0.3) is 0 Å². The number of alkyl halides is 1. The van der Waals surface area contributed by atoms with Crippen molar-refractivity contribution in [3.05, 3.63) is 11.8 Å². The van der Waals surface area contributed by atoms with Crippen molar-refractivity contribution in [1.82, 2.24) is 0 Å². The average Bonchev–Trinajstić information content (AvgIpc) is 1.79. The fourth-order valence-corrected chi connectivity index (χ4v) is 1.19. The molecule has 0 rings (SSSR count). The Morgan fingerprint density at radius 2 is 2.18 bits per heavy atom. The fourth-order valence-electron chi connectivity index (χ4n) is 0.531. The first-order valence-corrected chi connectivity index (χ1v) is 5.43. The quantitative estimate of drug-likeness (QED) is 0.391. The summed E-state index contributed by atoms with van der Waals surface area (Å²) in [7, 11) is -3.37. The number of hydrogen-bond acceptors (Lipinski definition) is 3. The number of hydrogen-bond donors (Lipinski definition) is 0. The van der Waals surface area contributed by atoms with Gasteiger partial charge in [0.2, 0.25) is 0 Å². The lowest BCUT2D eigenvalue weighted by Crippen LogP contribution is -2.00. The first-order valence-electron chi connectivity index (χ1n) is 3.08. The van der Waals surface area contributed by atoms with E-state index in [2.05, 4.69) is 4.18 Å². The molecule has 0 aromatic rings. The molecule has 0 aliphatic rings. The van der Waals surface area contributed by atoms with E-state index in [1.54, 1.807) is 13.0 Å². The molecule has 3 nitrogen and oxygen atoms in total. The van der Waals surface area contributed by atoms with Crippen molar-refractivity contribution < 1.29 is 12.6 Å². The van der Waals surface area contributed by atoms with Gasteiger partial charge in [-0.2, -0.15) is 8.42 Å². The van der Waals surface area contributed by atoms with Crippen molar-refractivity contribution >= 4 is 21.7 Å². The Labute approximate surface area is 72.1 Å². The van der Waals surface area contributed by atoms with Gasteiger partial charge in [-0.25, -0.2) is 0 Å². The number of allylic oxidation sites excluding steroid dienone is 2. The van der Waals surface area contributed by atoms with Crippen molar-refractivity contribution in [3.8, 4) is 0 Å². The Morgan fingerprint density at radius 3 is 2.55 bits per heavy atom. The number of rotatable bonds is 4. The molecule has 0 spiro atoms. The SMILES string of the molecule is CC(=CCCCl)OS(C)(=O)=O. The Balaban J connectivity index is 3.97. The normalized spacial score (nSPS) is 13.2. The van der Waals surface area contributed by atoms with E-state index in [9.17, 15) is 8.42 Å². The van der Waals surface area contributed by atoms with Gasteiger partial charge in [0, 0.05) is 5.88 Å². The molecular weight excluding hydrogens is 188 g/mol. The van der Waals surface area contributed by atoms with E-state index in [4.69, 9.17) is 11.6 Å². The van der Waals surface area contributed by atoms with Crippen LogP contribution >= 0.6 is 11.6 Å². The van der Waals surface area contributed by atoms with Crippen molar-refractivity contribution in [3.63, 3.8) is 0 Å². The van der Waals surface area contributed by atoms with Crippen LogP contribution in [-0.4, -0.2) is 20.6 Å². The van der Waals surface area contributed by atoms with Crippen molar-refractivity contribution in [2.24, 2.45) is 0 Å². The van der Waals surface area contributed by atoms with Gasteiger partial charge in [-0.3, -0.25) is 0 Å². The highest BCUT2D eigenvalue weighted by atomic mass is 35.5. The molecule has 0 atom stereocenters. The van der Waals surface area contributed by atoms with Crippen LogP contribution in [0.5, 0.6) is 0 Å². The standard InChI is InChI=1S/C6H11ClO3S/c1-6(4-3-5-7)10-11(2,8)9/h4H,3,5H2,1-2H3. The lowest BCUT2D eigenvalue weighted by molar-refractivity contribution is 0.412. The zero-order valence-corrected chi connectivity index (χ0v) is 8.07. The van der Waals surface area contributed by atoms with Crippen molar-refractivity contribution in [1.29, 1.82) is 0 Å². The third-order valence-corrected chi connectivity index (χ3v) is 1.61.